The summed E-state index contributed by atoms with van der Waals surface area (Å²) in [6.45, 7) is 3.81. The minimum Gasteiger partial charge on any atom is -0.504 e. The number of ether oxygens (including phenoxy) is 2. The topological polar surface area (TPSA) is 83.7 Å². The van der Waals surface area contributed by atoms with Crippen molar-refractivity contribution in [3.05, 3.63) is 70.9 Å². The molecule has 0 saturated carbocycles. The Labute approximate surface area is 178 Å². The molecule has 2 aromatic carbocycles. The number of carbonyl (C=O) groups is 1. The molecule has 7 nitrogen and oxygen atoms in total. The van der Waals surface area contributed by atoms with E-state index in [1.165, 1.54) is 18.9 Å². The Morgan fingerprint density at radius 3 is 2.70 bits per heavy atom. The first kappa shape index (κ1) is 20.0. The van der Waals surface area contributed by atoms with E-state index in [9.17, 15) is 9.90 Å². The number of thioether (sulfide) groups is 1. The van der Waals surface area contributed by atoms with Crippen molar-refractivity contribution in [2.75, 3.05) is 13.7 Å². The SMILES string of the molecule is CCOC(=O)C1=C(C)N=C2SC(c3ccccc3)=NN2C1c1ccc(O)c(OC)c1. The molecule has 2 heterocycles. The predicted molar refractivity (Wildman–Crippen MR) is 117 cm³/mol. The molecule has 2 aliphatic rings. The number of esters is 1. The lowest BCUT2D eigenvalue weighted by Crippen LogP contribution is -2.34. The van der Waals surface area contributed by atoms with Crippen LogP contribution in [-0.4, -0.2) is 40.0 Å². The van der Waals surface area contributed by atoms with E-state index in [0.717, 1.165) is 16.2 Å². The fraction of sp³-hybridized carbons (Fsp3) is 0.227. The van der Waals surface area contributed by atoms with Gasteiger partial charge in [-0.15, -0.1) is 0 Å². The van der Waals surface area contributed by atoms with Gasteiger partial charge in [0, 0.05) is 5.56 Å². The first-order valence-corrected chi connectivity index (χ1v) is 10.3. The van der Waals surface area contributed by atoms with Crippen LogP contribution in [0.3, 0.4) is 0 Å². The second-order valence-corrected chi connectivity index (χ2v) is 7.62. The number of methoxy groups -OCH3 is 1. The van der Waals surface area contributed by atoms with Gasteiger partial charge in [0.1, 0.15) is 11.1 Å². The zero-order valence-electron chi connectivity index (χ0n) is 16.8. The molecular weight excluding hydrogens is 402 g/mol. The summed E-state index contributed by atoms with van der Waals surface area (Å²) in [6, 6.07) is 14.3. The molecule has 154 valence electrons. The minimum atomic E-state index is -0.556. The summed E-state index contributed by atoms with van der Waals surface area (Å²) in [4.78, 5) is 17.5. The number of aromatic hydroxyl groups is 1. The molecule has 0 radical (unpaired) electrons. The summed E-state index contributed by atoms with van der Waals surface area (Å²) in [7, 11) is 1.48. The molecular formula is C22H21N3O4S. The number of hydrazone groups is 1. The molecule has 8 heteroatoms. The van der Waals surface area contributed by atoms with Gasteiger partial charge in [-0.2, -0.15) is 5.10 Å². The highest BCUT2D eigenvalue weighted by Gasteiger charge is 2.41. The number of phenols is 1. The fourth-order valence-corrected chi connectivity index (χ4v) is 4.38. The number of hydrogen-bond acceptors (Lipinski definition) is 8. The van der Waals surface area contributed by atoms with Crippen molar-refractivity contribution >= 4 is 27.9 Å². The molecule has 0 saturated heterocycles. The van der Waals surface area contributed by atoms with Crippen LogP contribution in [0.5, 0.6) is 11.5 Å². The van der Waals surface area contributed by atoms with E-state index in [0.29, 0.717) is 22.2 Å². The quantitative estimate of drug-likeness (QED) is 0.730. The minimum absolute atomic E-state index is 0.0219. The summed E-state index contributed by atoms with van der Waals surface area (Å²) in [5, 5.41) is 18.0. The fourth-order valence-electron chi connectivity index (χ4n) is 3.40. The van der Waals surface area contributed by atoms with Gasteiger partial charge in [-0.25, -0.2) is 14.8 Å². The highest BCUT2D eigenvalue weighted by atomic mass is 32.2. The van der Waals surface area contributed by atoms with E-state index in [4.69, 9.17) is 14.6 Å². The average molecular weight is 423 g/mol. The van der Waals surface area contributed by atoms with E-state index in [2.05, 4.69) is 4.99 Å². The predicted octanol–water partition coefficient (Wildman–Crippen LogP) is 4.06. The molecule has 0 aliphatic carbocycles. The van der Waals surface area contributed by atoms with Crippen LogP contribution in [0.4, 0.5) is 0 Å². The molecule has 1 atom stereocenters. The van der Waals surface area contributed by atoms with Gasteiger partial charge < -0.3 is 14.6 Å². The molecule has 2 aliphatic heterocycles. The number of benzene rings is 2. The number of fused-ring (bicyclic) bond motifs is 1. The monoisotopic (exact) mass is 423 g/mol. The van der Waals surface area contributed by atoms with Crippen LogP contribution in [0.15, 0.2) is 69.9 Å². The third-order valence-electron chi connectivity index (χ3n) is 4.79. The summed E-state index contributed by atoms with van der Waals surface area (Å²) in [5.41, 5.74) is 2.69. The van der Waals surface area contributed by atoms with Crippen LogP contribution in [0, 0.1) is 0 Å². The highest BCUT2D eigenvalue weighted by molar-refractivity contribution is 8.27. The Morgan fingerprint density at radius 1 is 1.23 bits per heavy atom. The molecule has 0 spiro atoms. The van der Waals surface area contributed by atoms with Crippen molar-refractivity contribution in [1.82, 2.24) is 5.01 Å². The largest absolute Gasteiger partial charge is 0.504 e. The van der Waals surface area contributed by atoms with E-state index in [1.54, 1.807) is 37.1 Å². The zero-order valence-corrected chi connectivity index (χ0v) is 17.6. The maximum atomic E-state index is 12.8. The standard InChI is InChI=1S/C22H21N3O4S/c1-4-29-21(27)18-13(2)23-22-25(24-20(30-22)14-8-6-5-7-9-14)19(18)15-10-11-16(26)17(12-15)28-3/h5-12,19,26H,4H2,1-3H3. The van der Waals surface area contributed by atoms with Crippen LogP contribution in [0.1, 0.15) is 31.0 Å². The van der Waals surface area contributed by atoms with Crippen molar-refractivity contribution < 1.29 is 19.4 Å². The summed E-state index contributed by atoms with van der Waals surface area (Å²) < 4.78 is 10.6. The average Bonchev–Trinajstić information content (AvgIpc) is 3.17. The van der Waals surface area contributed by atoms with Crippen LogP contribution < -0.4 is 4.74 Å². The van der Waals surface area contributed by atoms with Crippen molar-refractivity contribution in [1.29, 1.82) is 0 Å². The third-order valence-corrected chi connectivity index (χ3v) is 5.76. The number of amidine groups is 1. The molecule has 4 rings (SSSR count). The summed E-state index contributed by atoms with van der Waals surface area (Å²) >= 11 is 1.45. The van der Waals surface area contributed by atoms with Crippen LogP contribution >= 0.6 is 11.8 Å². The number of phenolic OH excluding ortho intramolecular Hbond substituents is 1. The van der Waals surface area contributed by atoms with Crippen LogP contribution in [0.2, 0.25) is 0 Å². The number of allylic oxidation sites excluding steroid dienone is 1. The number of aliphatic imine (C=N–C) groups is 1. The molecule has 1 N–H and O–H groups in total. The Balaban J connectivity index is 1.84. The number of carbonyl (C=O) groups excluding carboxylic acids is 1. The highest BCUT2D eigenvalue weighted by Crippen LogP contribution is 2.43. The normalized spacial score (nSPS) is 18.0. The van der Waals surface area contributed by atoms with E-state index in [-0.39, 0.29) is 12.4 Å². The summed E-state index contributed by atoms with van der Waals surface area (Å²) in [5.74, 6) is -0.103. The van der Waals surface area contributed by atoms with Gasteiger partial charge in [-0.05, 0) is 43.3 Å². The Morgan fingerprint density at radius 2 is 2.00 bits per heavy atom. The van der Waals surface area contributed by atoms with Gasteiger partial charge in [0.05, 0.1) is 25.0 Å². The van der Waals surface area contributed by atoms with Gasteiger partial charge in [0.2, 0.25) is 0 Å². The second kappa shape index (κ2) is 8.23. The Hall–Kier alpha value is -3.26. The van der Waals surface area contributed by atoms with Gasteiger partial charge in [-0.3, -0.25) is 0 Å². The van der Waals surface area contributed by atoms with E-state index in [1.807, 2.05) is 30.3 Å². The van der Waals surface area contributed by atoms with Crippen molar-refractivity contribution in [3.8, 4) is 11.5 Å². The second-order valence-electron chi connectivity index (χ2n) is 6.67. The number of nitrogens with zero attached hydrogens (tertiary/aromatic N) is 3. The molecule has 2 aromatic rings. The van der Waals surface area contributed by atoms with Crippen LogP contribution in [-0.2, 0) is 9.53 Å². The lowest BCUT2D eigenvalue weighted by Gasteiger charge is -2.31. The lowest BCUT2D eigenvalue weighted by molar-refractivity contribution is -0.139. The molecule has 1 unspecified atom stereocenters. The van der Waals surface area contributed by atoms with E-state index >= 15 is 0 Å². The van der Waals surface area contributed by atoms with Gasteiger partial charge in [-0.1, -0.05) is 36.4 Å². The zero-order chi connectivity index (χ0) is 21.3. The van der Waals surface area contributed by atoms with Gasteiger partial charge in [0.25, 0.3) is 0 Å². The molecule has 0 fully saturated rings. The van der Waals surface area contributed by atoms with Crippen LogP contribution in [0.25, 0.3) is 0 Å². The van der Waals surface area contributed by atoms with E-state index < -0.39 is 12.0 Å². The first-order chi connectivity index (χ1) is 14.5. The van der Waals surface area contributed by atoms with Crippen molar-refractivity contribution in [3.63, 3.8) is 0 Å². The maximum Gasteiger partial charge on any atom is 0.338 e. The van der Waals surface area contributed by atoms with Crippen molar-refractivity contribution in [2.24, 2.45) is 10.1 Å². The third kappa shape index (κ3) is 3.54. The van der Waals surface area contributed by atoms with Gasteiger partial charge >= 0.3 is 5.97 Å². The molecule has 0 bridgehead atoms. The lowest BCUT2D eigenvalue weighted by atomic mass is 9.95. The Bertz CT molecular complexity index is 1080. The molecule has 0 aromatic heterocycles. The smallest absolute Gasteiger partial charge is 0.338 e. The Kier molecular flexibility index (Phi) is 5.50. The first-order valence-electron chi connectivity index (χ1n) is 9.48. The van der Waals surface area contributed by atoms with Gasteiger partial charge in [0.15, 0.2) is 16.7 Å². The maximum absolute atomic E-state index is 12.8. The van der Waals surface area contributed by atoms with Crippen molar-refractivity contribution in [2.45, 2.75) is 19.9 Å². The molecule has 30 heavy (non-hydrogen) atoms. The number of rotatable bonds is 5. The molecule has 0 amide bonds. The number of hydrogen-bond donors (Lipinski definition) is 1. The summed E-state index contributed by atoms with van der Waals surface area (Å²) in [6.07, 6.45) is 0.